The van der Waals surface area contributed by atoms with Crippen LogP contribution in [0.4, 0.5) is 0 Å². The van der Waals surface area contributed by atoms with Crippen LogP contribution in [-0.2, 0) is 9.59 Å². The number of hydrogen-bond donors (Lipinski definition) is 2. The Morgan fingerprint density at radius 1 is 0.931 bits per heavy atom. The second-order valence-corrected chi connectivity index (χ2v) is 5.65. The van der Waals surface area contributed by atoms with Crippen LogP contribution < -0.4 is 29.8 Å². The molecule has 2 amide bonds. The van der Waals surface area contributed by atoms with E-state index in [-0.39, 0.29) is 6.61 Å². The molecule has 2 aromatic rings. The van der Waals surface area contributed by atoms with Gasteiger partial charge in [0.2, 0.25) is 0 Å². The molecule has 29 heavy (non-hydrogen) atoms. The summed E-state index contributed by atoms with van der Waals surface area (Å²) in [5.74, 6) is 1.17. The Balaban J connectivity index is 1.85. The smallest absolute Gasteiger partial charge is 0.276 e. The van der Waals surface area contributed by atoms with Gasteiger partial charge in [-0.2, -0.15) is 0 Å². The molecule has 0 spiro atoms. The summed E-state index contributed by atoms with van der Waals surface area (Å²) in [6.07, 6.45) is 2.82. The number of rotatable bonds is 9. The van der Waals surface area contributed by atoms with Crippen molar-refractivity contribution in [1.29, 1.82) is 0 Å². The quantitative estimate of drug-likeness (QED) is 0.496. The molecule has 0 saturated carbocycles. The highest BCUT2D eigenvalue weighted by Crippen LogP contribution is 2.26. The molecule has 2 aromatic carbocycles. The molecule has 0 unspecified atom stereocenters. The van der Waals surface area contributed by atoms with Gasteiger partial charge in [0.25, 0.3) is 11.8 Å². The Labute approximate surface area is 169 Å². The summed E-state index contributed by atoms with van der Waals surface area (Å²) in [5, 5.41) is 0. The minimum absolute atomic E-state index is 0.280. The summed E-state index contributed by atoms with van der Waals surface area (Å²) in [6.45, 7) is 2.05. The lowest BCUT2D eigenvalue weighted by atomic mass is 10.1. The molecule has 0 aliphatic heterocycles. The maximum absolute atomic E-state index is 11.9. The molecule has 2 rings (SSSR count). The molecule has 0 aliphatic rings. The lowest BCUT2D eigenvalue weighted by Gasteiger charge is -2.11. The van der Waals surface area contributed by atoms with Crippen LogP contribution in [0.3, 0.4) is 0 Å². The van der Waals surface area contributed by atoms with Crippen LogP contribution >= 0.6 is 0 Å². The number of carbonyl (C=O) groups excluding carboxylic acids is 2. The Morgan fingerprint density at radius 3 is 2.31 bits per heavy atom. The van der Waals surface area contributed by atoms with E-state index in [4.69, 9.17) is 18.9 Å². The predicted molar refractivity (Wildman–Crippen MR) is 108 cm³/mol. The number of benzene rings is 2. The molecule has 0 saturated heterocycles. The summed E-state index contributed by atoms with van der Waals surface area (Å²) in [7, 11) is 3.08. The van der Waals surface area contributed by atoms with Crippen molar-refractivity contribution < 1.29 is 28.5 Å². The molecule has 8 nitrogen and oxygen atoms in total. The van der Waals surface area contributed by atoms with Gasteiger partial charge in [-0.25, -0.2) is 0 Å². The van der Waals surface area contributed by atoms with Crippen LogP contribution in [0.25, 0.3) is 6.08 Å². The van der Waals surface area contributed by atoms with Gasteiger partial charge in [-0.15, -0.1) is 0 Å². The van der Waals surface area contributed by atoms with Gasteiger partial charge in [0.05, 0.1) is 20.8 Å². The third-order valence-corrected chi connectivity index (χ3v) is 3.68. The van der Waals surface area contributed by atoms with Crippen molar-refractivity contribution in [2.75, 3.05) is 27.4 Å². The average Bonchev–Trinajstić information content (AvgIpc) is 2.75. The van der Waals surface area contributed by atoms with Crippen molar-refractivity contribution in [3.05, 3.63) is 54.1 Å². The van der Waals surface area contributed by atoms with E-state index in [9.17, 15) is 9.59 Å². The minimum Gasteiger partial charge on any atom is -0.497 e. The molecule has 2 N–H and O–H groups in total. The van der Waals surface area contributed by atoms with Gasteiger partial charge in [-0.3, -0.25) is 20.4 Å². The maximum atomic E-state index is 11.9. The van der Waals surface area contributed by atoms with E-state index < -0.39 is 11.8 Å². The molecular weight excluding hydrogens is 376 g/mol. The van der Waals surface area contributed by atoms with E-state index in [1.165, 1.54) is 13.2 Å². The van der Waals surface area contributed by atoms with Gasteiger partial charge in [0.1, 0.15) is 11.5 Å². The van der Waals surface area contributed by atoms with Gasteiger partial charge >= 0.3 is 0 Å². The molecule has 154 valence electrons. The third-order valence-electron chi connectivity index (χ3n) is 3.68. The van der Waals surface area contributed by atoms with Gasteiger partial charge < -0.3 is 18.9 Å². The lowest BCUT2D eigenvalue weighted by molar-refractivity contribution is -0.128. The van der Waals surface area contributed by atoms with Crippen molar-refractivity contribution >= 4 is 17.9 Å². The first-order valence-corrected chi connectivity index (χ1v) is 8.91. The summed E-state index contributed by atoms with van der Waals surface area (Å²) < 4.78 is 21.3. The second-order valence-electron chi connectivity index (χ2n) is 5.65. The zero-order valence-electron chi connectivity index (χ0n) is 16.6. The number of methoxy groups -OCH3 is 2. The fourth-order valence-electron chi connectivity index (χ4n) is 2.33. The zero-order valence-corrected chi connectivity index (χ0v) is 16.6. The van der Waals surface area contributed by atoms with Gasteiger partial charge in [-0.1, -0.05) is 12.1 Å². The van der Waals surface area contributed by atoms with E-state index in [1.807, 2.05) is 13.0 Å². The van der Waals surface area contributed by atoms with E-state index in [1.54, 1.807) is 49.6 Å². The van der Waals surface area contributed by atoms with Gasteiger partial charge in [-0.05, 0) is 43.3 Å². The Bertz CT molecular complexity index is 866. The Morgan fingerprint density at radius 2 is 1.66 bits per heavy atom. The highest BCUT2D eigenvalue weighted by Gasteiger charge is 2.08. The summed E-state index contributed by atoms with van der Waals surface area (Å²) >= 11 is 0. The van der Waals surface area contributed by atoms with Crippen LogP contribution in [0.5, 0.6) is 23.0 Å². The number of amides is 2. The van der Waals surface area contributed by atoms with Crippen molar-refractivity contribution in [1.82, 2.24) is 10.9 Å². The van der Waals surface area contributed by atoms with Gasteiger partial charge in [0, 0.05) is 11.6 Å². The molecule has 0 aliphatic carbocycles. The number of nitrogens with one attached hydrogen (secondary N) is 2. The molecule has 0 heterocycles. The molecule has 8 heteroatoms. The SMILES string of the molecule is CCOc1ccccc1OCC(=O)NNC(=O)/C=C/c1cc(OC)ccc1OC. The third kappa shape index (κ3) is 6.76. The summed E-state index contributed by atoms with van der Waals surface area (Å²) in [6, 6.07) is 12.2. The molecule has 0 radical (unpaired) electrons. The number of carbonyl (C=O) groups is 2. The van der Waals surface area contributed by atoms with Crippen molar-refractivity contribution in [2.24, 2.45) is 0 Å². The highest BCUT2D eigenvalue weighted by atomic mass is 16.5. The lowest BCUT2D eigenvalue weighted by Crippen LogP contribution is -2.43. The largest absolute Gasteiger partial charge is 0.497 e. The highest BCUT2D eigenvalue weighted by molar-refractivity contribution is 5.93. The Kier molecular flexibility index (Phi) is 8.37. The summed E-state index contributed by atoms with van der Waals surface area (Å²) in [4.78, 5) is 23.8. The van der Waals surface area contributed by atoms with Gasteiger partial charge in [0.15, 0.2) is 18.1 Å². The standard InChI is InChI=1S/C21H24N2O6/c1-4-28-18-7-5-6-8-19(18)29-14-21(25)23-22-20(24)12-9-15-13-16(26-2)10-11-17(15)27-3/h5-13H,4,14H2,1-3H3,(H,22,24)(H,23,25)/b12-9+. The molecule has 0 atom stereocenters. The van der Waals surface area contributed by atoms with Crippen LogP contribution in [0.15, 0.2) is 48.5 Å². The summed E-state index contributed by atoms with van der Waals surface area (Å²) in [5.41, 5.74) is 5.22. The normalized spacial score (nSPS) is 10.3. The van der Waals surface area contributed by atoms with Crippen molar-refractivity contribution in [3.63, 3.8) is 0 Å². The van der Waals surface area contributed by atoms with E-state index in [0.717, 1.165) is 0 Å². The average molecular weight is 400 g/mol. The first-order valence-electron chi connectivity index (χ1n) is 8.91. The monoisotopic (exact) mass is 400 g/mol. The molecule has 0 bridgehead atoms. The molecule has 0 fully saturated rings. The number of hydrogen-bond acceptors (Lipinski definition) is 6. The fourth-order valence-corrected chi connectivity index (χ4v) is 2.33. The number of ether oxygens (including phenoxy) is 4. The van der Waals surface area contributed by atoms with Crippen molar-refractivity contribution in [3.8, 4) is 23.0 Å². The van der Waals surface area contributed by atoms with E-state index in [2.05, 4.69) is 10.9 Å². The van der Waals surface area contributed by atoms with Crippen LogP contribution in [-0.4, -0.2) is 39.2 Å². The van der Waals surface area contributed by atoms with Crippen LogP contribution in [0, 0.1) is 0 Å². The first-order chi connectivity index (χ1) is 14.1. The fraction of sp³-hybridized carbons (Fsp3) is 0.238. The topological polar surface area (TPSA) is 95.1 Å². The van der Waals surface area contributed by atoms with Crippen LogP contribution in [0.2, 0.25) is 0 Å². The Hall–Kier alpha value is -3.68. The van der Waals surface area contributed by atoms with Crippen molar-refractivity contribution in [2.45, 2.75) is 6.92 Å². The van der Waals surface area contributed by atoms with E-state index >= 15 is 0 Å². The minimum atomic E-state index is -0.517. The number of para-hydroxylation sites is 2. The predicted octanol–water partition coefficient (Wildman–Crippen LogP) is 2.34. The van der Waals surface area contributed by atoms with E-state index in [0.29, 0.717) is 35.2 Å². The zero-order chi connectivity index (χ0) is 21.1. The second kappa shape index (κ2) is 11.2. The number of hydrazine groups is 1. The molecular formula is C21H24N2O6. The maximum Gasteiger partial charge on any atom is 0.276 e. The van der Waals surface area contributed by atoms with Crippen LogP contribution in [0.1, 0.15) is 12.5 Å². The molecule has 0 aromatic heterocycles. The first kappa shape index (κ1) is 21.6.